The molecule has 1 aliphatic rings. The second-order valence-corrected chi connectivity index (χ2v) is 9.11. The summed E-state index contributed by atoms with van der Waals surface area (Å²) in [5.74, 6) is 0.0567. The van der Waals surface area contributed by atoms with E-state index in [0.717, 1.165) is 12.1 Å². The van der Waals surface area contributed by atoms with E-state index in [1.54, 1.807) is 33.5 Å². The lowest BCUT2D eigenvalue weighted by Crippen LogP contribution is -2.48. The fourth-order valence-electron chi connectivity index (χ4n) is 3.57. The van der Waals surface area contributed by atoms with Crippen molar-refractivity contribution in [2.45, 2.75) is 25.3 Å². The van der Waals surface area contributed by atoms with Crippen LogP contribution < -0.4 is 0 Å². The molecule has 2 aromatic carbocycles. The van der Waals surface area contributed by atoms with Gasteiger partial charge in [-0.1, -0.05) is 30.3 Å². The number of rotatable bonds is 7. The minimum atomic E-state index is -3.42. The van der Waals surface area contributed by atoms with Gasteiger partial charge in [0.25, 0.3) is 5.91 Å². The third-order valence-electron chi connectivity index (χ3n) is 5.37. The van der Waals surface area contributed by atoms with Crippen molar-refractivity contribution < 1.29 is 13.2 Å². The van der Waals surface area contributed by atoms with Crippen LogP contribution in [0.4, 0.5) is 0 Å². The summed E-state index contributed by atoms with van der Waals surface area (Å²) in [6, 6.07) is 16.3. The van der Waals surface area contributed by atoms with Crippen molar-refractivity contribution in [3.05, 3.63) is 65.7 Å². The van der Waals surface area contributed by atoms with E-state index >= 15 is 0 Å². The van der Waals surface area contributed by atoms with Crippen molar-refractivity contribution >= 4 is 15.9 Å². The van der Waals surface area contributed by atoms with Crippen molar-refractivity contribution in [2.75, 3.05) is 39.3 Å². The summed E-state index contributed by atoms with van der Waals surface area (Å²) in [4.78, 5) is 16.8. The molecule has 1 heterocycles. The highest BCUT2D eigenvalue weighted by Gasteiger charge is 2.28. The van der Waals surface area contributed by atoms with Crippen LogP contribution in [0.2, 0.25) is 0 Å². The topological polar surface area (TPSA) is 60.9 Å². The van der Waals surface area contributed by atoms with Gasteiger partial charge in [-0.3, -0.25) is 9.69 Å². The molecule has 0 N–H and O–H groups in total. The average molecular weight is 416 g/mol. The first-order valence-electron chi connectivity index (χ1n) is 10.1. The second kappa shape index (κ2) is 9.52. The van der Waals surface area contributed by atoms with Gasteiger partial charge in [0.05, 0.1) is 4.90 Å². The summed E-state index contributed by atoms with van der Waals surface area (Å²) >= 11 is 0. The third-order valence-corrected chi connectivity index (χ3v) is 7.28. The summed E-state index contributed by atoms with van der Waals surface area (Å²) < 4.78 is 27.0. The van der Waals surface area contributed by atoms with Gasteiger partial charge in [-0.25, -0.2) is 8.42 Å². The van der Waals surface area contributed by atoms with E-state index in [1.165, 1.54) is 0 Å². The Hall–Kier alpha value is -2.22. The lowest BCUT2D eigenvalue weighted by Gasteiger charge is -2.34. The fraction of sp³-hybridized carbons (Fsp3) is 0.409. The van der Waals surface area contributed by atoms with Crippen molar-refractivity contribution in [3.63, 3.8) is 0 Å². The second-order valence-electron chi connectivity index (χ2n) is 7.17. The minimum Gasteiger partial charge on any atom is -0.339 e. The standard InChI is InChI=1S/C22H29N3O3S/c1-3-24(4-2)22(26)20-12-10-19(11-13-20)18-23-14-16-25(17-15-23)29(27,28)21-8-6-5-7-9-21/h5-13H,3-4,14-18H2,1-2H3. The normalized spacial score (nSPS) is 15.9. The van der Waals surface area contributed by atoms with Crippen molar-refractivity contribution in [1.29, 1.82) is 0 Å². The molecule has 0 radical (unpaired) electrons. The molecule has 0 bridgehead atoms. The summed E-state index contributed by atoms with van der Waals surface area (Å²) in [6.07, 6.45) is 0. The molecule has 0 saturated carbocycles. The van der Waals surface area contributed by atoms with Crippen LogP contribution in [0.15, 0.2) is 59.5 Å². The molecule has 7 heteroatoms. The van der Waals surface area contributed by atoms with Crippen LogP contribution in [0.5, 0.6) is 0 Å². The Morgan fingerprint density at radius 3 is 2.03 bits per heavy atom. The molecule has 1 fully saturated rings. The Balaban J connectivity index is 1.56. The fourth-order valence-corrected chi connectivity index (χ4v) is 5.02. The zero-order chi connectivity index (χ0) is 20.9. The third kappa shape index (κ3) is 5.04. The molecule has 0 spiro atoms. The Morgan fingerprint density at radius 2 is 1.48 bits per heavy atom. The lowest BCUT2D eigenvalue weighted by molar-refractivity contribution is 0.0773. The molecule has 2 aromatic rings. The number of piperazine rings is 1. The quantitative estimate of drug-likeness (QED) is 0.698. The summed E-state index contributed by atoms with van der Waals surface area (Å²) in [6.45, 7) is 8.45. The highest BCUT2D eigenvalue weighted by atomic mass is 32.2. The number of nitrogens with zero attached hydrogens (tertiary/aromatic N) is 3. The van der Waals surface area contributed by atoms with Crippen LogP contribution in [0, 0.1) is 0 Å². The van der Waals surface area contributed by atoms with Crippen molar-refractivity contribution in [3.8, 4) is 0 Å². The Labute approximate surface area is 173 Å². The van der Waals surface area contributed by atoms with Crippen LogP contribution in [0.3, 0.4) is 0 Å². The average Bonchev–Trinajstić information content (AvgIpc) is 2.76. The highest BCUT2D eigenvalue weighted by molar-refractivity contribution is 7.89. The van der Waals surface area contributed by atoms with Gasteiger partial charge in [-0.2, -0.15) is 4.31 Å². The maximum absolute atomic E-state index is 12.7. The lowest BCUT2D eigenvalue weighted by atomic mass is 10.1. The maximum atomic E-state index is 12.7. The number of hydrogen-bond acceptors (Lipinski definition) is 4. The number of amides is 1. The van der Waals surface area contributed by atoms with Crippen LogP contribution in [0.1, 0.15) is 29.8 Å². The van der Waals surface area contributed by atoms with Gasteiger partial charge in [0.1, 0.15) is 0 Å². The smallest absolute Gasteiger partial charge is 0.253 e. The molecule has 1 saturated heterocycles. The molecule has 156 valence electrons. The number of carbonyl (C=O) groups excluding carboxylic acids is 1. The largest absolute Gasteiger partial charge is 0.339 e. The molecule has 29 heavy (non-hydrogen) atoms. The molecule has 0 aromatic heterocycles. The molecule has 1 amide bonds. The van der Waals surface area contributed by atoms with Gasteiger partial charge in [0.2, 0.25) is 10.0 Å². The molecule has 6 nitrogen and oxygen atoms in total. The van der Waals surface area contributed by atoms with Gasteiger partial charge in [0, 0.05) is 51.4 Å². The van der Waals surface area contributed by atoms with Crippen LogP contribution in [-0.4, -0.2) is 67.7 Å². The Bertz CT molecular complexity index is 902. The zero-order valence-corrected chi connectivity index (χ0v) is 17.9. The molecule has 0 atom stereocenters. The number of hydrogen-bond donors (Lipinski definition) is 0. The molecule has 3 rings (SSSR count). The van der Waals surface area contributed by atoms with Crippen LogP contribution >= 0.6 is 0 Å². The molecule has 0 unspecified atom stereocenters. The van der Waals surface area contributed by atoms with E-state index in [0.29, 0.717) is 49.7 Å². The molecular formula is C22H29N3O3S. The van der Waals surface area contributed by atoms with Crippen LogP contribution in [0.25, 0.3) is 0 Å². The number of sulfonamides is 1. The first kappa shape index (κ1) is 21.5. The minimum absolute atomic E-state index is 0.0567. The summed E-state index contributed by atoms with van der Waals surface area (Å²) in [5.41, 5.74) is 1.83. The van der Waals surface area contributed by atoms with Gasteiger partial charge in [0.15, 0.2) is 0 Å². The first-order valence-corrected chi connectivity index (χ1v) is 11.6. The van der Waals surface area contributed by atoms with E-state index in [2.05, 4.69) is 4.90 Å². The van der Waals surface area contributed by atoms with E-state index in [-0.39, 0.29) is 5.91 Å². The zero-order valence-electron chi connectivity index (χ0n) is 17.1. The van der Waals surface area contributed by atoms with Crippen molar-refractivity contribution in [1.82, 2.24) is 14.1 Å². The highest BCUT2D eigenvalue weighted by Crippen LogP contribution is 2.18. The predicted molar refractivity (Wildman–Crippen MR) is 114 cm³/mol. The molecule has 1 aliphatic heterocycles. The number of carbonyl (C=O) groups is 1. The monoisotopic (exact) mass is 415 g/mol. The number of benzene rings is 2. The van der Waals surface area contributed by atoms with Gasteiger partial charge in [-0.15, -0.1) is 0 Å². The van der Waals surface area contributed by atoms with Crippen LogP contribution in [-0.2, 0) is 16.6 Å². The SMILES string of the molecule is CCN(CC)C(=O)c1ccc(CN2CCN(S(=O)(=O)c3ccccc3)CC2)cc1. The first-order chi connectivity index (χ1) is 14.0. The Kier molecular flexibility index (Phi) is 7.05. The van der Waals surface area contributed by atoms with E-state index < -0.39 is 10.0 Å². The van der Waals surface area contributed by atoms with E-state index in [9.17, 15) is 13.2 Å². The predicted octanol–water partition coefficient (Wildman–Crippen LogP) is 2.68. The van der Waals surface area contributed by atoms with E-state index in [4.69, 9.17) is 0 Å². The van der Waals surface area contributed by atoms with Crippen molar-refractivity contribution in [2.24, 2.45) is 0 Å². The Morgan fingerprint density at radius 1 is 0.897 bits per heavy atom. The summed E-state index contributed by atoms with van der Waals surface area (Å²) in [5, 5.41) is 0. The molecular weight excluding hydrogens is 386 g/mol. The maximum Gasteiger partial charge on any atom is 0.253 e. The molecule has 0 aliphatic carbocycles. The van der Waals surface area contributed by atoms with Gasteiger partial charge < -0.3 is 4.90 Å². The van der Waals surface area contributed by atoms with Gasteiger partial charge in [-0.05, 0) is 43.7 Å². The van der Waals surface area contributed by atoms with Gasteiger partial charge >= 0.3 is 0 Å². The summed E-state index contributed by atoms with van der Waals surface area (Å²) in [7, 11) is -3.42. The van der Waals surface area contributed by atoms with E-state index in [1.807, 2.05) is 44.2 Å².